The first-order valence-corrected chi connectivity index (χ1v) is 10.6. The number of nitrogens with zero attached hydrogens (tertiary/aromatic N) is 2. The molecule has 1 atom stereocenters. The van der Waals surface area contributed by atoms with Crippen molar-refractivity contribution < 1.29 is 14.3 Å². The molecule has 4 rings (SSSR count). The standard InChI is InChI=1S/C23H25BrN2O3/c1-25(2)9-4-10-26-14-15(19-13-17(28-3)6-8-20(19)26)11-22-23(27)18-7-5-16(24)12-21(18)29-22/h5-8,11-13,15H,4,9-10,14H2,1-3H3/b22-11-. The number of anilines is 1. The Morgan fingerprint density at radius 3 is 2.86 bits per heavy atom. The highest BCUT2D eigenvalue weighted by molar-refractivity contribution is 9.10. The lowest BCUT2D eigenvalue weighted by Gasteiger charge is -2.21. The van der Waals surface area contributed by atoms with E-state index in [1.54, 1.807) is 7.11 Å². The van der Waals surface area contributed by atoms with E-state index in [-0.39, 0.29) is 11.7 Å². The van der Waals surface area contributed by atoms with Crippen LogP contribution in [0.25, 0.3) is 0 Å². The van der Waals surface area contributed by atoms with E-state index in [4.69, 9.17) is 9.47 Å². The summed E-state index contributed by atoms with van der Waals surface area (Å²) >= 11 is 3.44. The third-order valence-corrected chi connectivity index (χ3v) is 5.90. The summed E-state index contributed by atoms with van der Waals surface area (Å²) in [6, 6.07) is 11.7. The molecule has 0 aromatic heterocycles. The Morgan fingerprint density at radius 1 is 1.28 bits per heavy atom. The van der Waals surface area contributed by atoms with Gasteiger partial charge in [0.2, 0.25) is 5.78 Å². The van der Waals surface area contributed by atoms with Gasteiger partial charge in [-0.3, -0.25) is 4.79 Å². The van der Waals surface area contributed by atoms with Gasteiger partial charge in [0, 0.05) is 29.2 Å². The Balaban J connectivity index is 1.61. The third kappa shape index (κ3) is 4.05. The van der Waals surface area contributed by atoms with Crippen molar-refractivity contribution in [2.24, 2.45) is 0 Å². The second-order valence-electron chi connectivity index (χ2n) is 7.74. The summed E-state index contributed by atoms with van der Waals surface area (Å²) in [7, 11) is 5.86. The van der Waals surface area contributed by atoms with Gasteiger partial charge in [0.05, 0.1) is 12.7 Å². The van der Waals surface area contributed by atoms with Gasteiger partial charge in [-0.05, 0) is 75.1 Å². The number of allylic oxidation sites excluding steroid dienone is 1. The summed E-state index contributed by atoms with van der Waals surface area (Å²) < 4.78 is 12.2. The van der Waals surface area contributed by atoms with Crippen LogP contribution >= 0.6 is 15.9 Å². The number of halogens is 1. The predicted molar refractivity (Wildman–Crippen MR) is 118 cm³/mol. The quantitative estimate of drug-likeness (QED) is 0.599. The highest BCUT2D eigenvalue weighted by Gasteiger charge is 2.32. The van der Waals surface area contributed by atoms with Crippen LogP contribution in [0.3, 0.4) is 0 Å². The van der Waals surface area contributed by atoms with Gasteiger partial charge in [-0.2, -0.15) is 0 Å². The second-order valence-corrected chi connectivity index (χ2v) is 8.65. The van der Waals surface area contributed by atoms with Gasteiger partial charge in [0.1, 0.15) is 11.5 Å². The molecule has 2 aromatic carbocycles. The Bertz CT molecular complexity index is 971. The van der Waals surface area contributed by atoms with Gasteiger partial charge in [-0.25, -0.2) is 0 Å². The van der Waals surface area contributed by atoms with Crippen LogP contribution in [-0.4, -0.2) is 51.5 Å². The summed E-state index contributed by atoms with van der Waals surface area (Å²) in [5.74, 6) is 1.88. The molecule has 6 heteroatoms. The highest BCUT2D eigenvalue weighted by Crippen LogP contribution is 2.41. The van der Waals surface area contributed by atoms with Crippen molar-refractivity contribution in [1.82, 2.24) is 4.90 Å². The molecule has 0 N–H and O–H groups in total. The molecule has 0 radical (unpaired) electrons. The Hall–Kier alpha value is -2.31. The molecule has 0 spiro atoms. The number of benzene rings is 2. The maximum Gasteiger partial charge on any atom is 0.231 e. The number of hydrogen-bond donors (Lipinski definition) is 0. The van der Waals surface area contributed by atoms with E-state index in [1.165, 1.54) is 11.3 Å². The fraction of sp³-hybridized carbons (Fsp3) is 0.348. The summed E-state index contributed by atoms with van der Waals surface area (Å²) in [6.45, 7) is 2.84. The van der Waals surface area contributed by atoms with Crippen LogP contribution in [0.15, 0.2) is 52.7 Å². The lowest BCUT2D eigenvalue weighted by molar-refractivity contribution is 0.101. The summed E-state index contributed by atoms with van der Waals surface area (Å²) in [5.41, 5.74) is 3.00. The SMILES string of the molecule is COc1ccc2c(c1)C(/C=C1\Oc3cc(Br)ccc3C1=O)CN2CCCN(C)C. The summed E-state index contributed by atoms with van der Waals surface area (Å²) in [6.07, 6.45) is 3.05. The Morgan fingerprint density at radius 2 is 2.10 bits per heavy atom. The minimum Gasteiger partial charge on any atom is -0.497 e. The Kier molecular flexibility index (Phi) is 5.65. The van der Waals surface area contributed by atoms with Crippen molar-refractivity contribution in [1.29, 1.82) is 0 Å². The molecule has 1 unspecified atom stereocenters. The first-order chi connectivity index (χ1) is 14.0. The highest BCUT2D eigenvalue weighted by atomic mass is 79.9. The van der Waals surface area contributed by atoms with Crippen molar-refractivity contribution in [3.8, 4) is 11.5 Å². The maximum absolute atomic E-state index is 12.8. The van der Waals surface area contributed by atoms with Crippen LogP contribution in [0.4, 0.5) is 5.69 Å². The average Bonchev–Trinajstić information content (AvgIpc) is 3.19. The molecule has 2 aliphatic rings. The molecule has 0 saturated carbocycles. The monoisotopic (exact) mass is 456 g/mol. The van der Waals surface area contributed by atoms with E-state index in [0.29, 0.717) is 17.1 Å². The fourth-order valence-corrected chi connectivity index (χ4v) is 4.31. The minimum absolute atomic E-state index is 0.0528. The molecular weight excluding hydrogens is 432 g/mol. The number of methoxy groups -OCH3 is 1. The lowest BCUT2D eigenvalue weighted by atomic mass is 9.99. The van der Waals surface area contributed by atoms with Gasteiger partial charge >= 0.3 is 0 Å². The van der Waals surface area contributed by atoms with Crippen LogP contribution in [0.2, 0.25) is 0 Å². The number of Topliss-reactive ketones (excluding diaryl/α,β-unsaturated/α-hetero) is 1. The van der Waals surface area contributed by atoms with Crippen LogP contribution in [0, 0.1) is 0 Å². The molecule has 2 aromatic rings. The number of rotatable bonds is 6. The molecule has 152 valence electrons. The van der Waals surface area contributed by atoms with Gasteiger partial charge in [0.15, 0.2) is 5.76 Å². The average molecular weight is 457 g/mol. The number of carbonyl (C=O) groups is 1. The fourth-order valence-electron chi connectivity index (χ4n) is 3.97. The maximum atomic E-state index is 12.8. The molecule has 0 amide bonds. The largest absolute Gasteiger partial charge is 0.497 e. The minimum atomic E-state index is -0.0528. The van der Waals surface area contributed by atoms with Crippen molar-refractivity contribution in [3.63, 3.8) is 0 Å². The van der Waals surface area contributed by atoms with Crippen molar-refractivity contribution in [3.05, 3.63) is 63.8 Å². The van der Waals surface area contributed by atoms with E-state index in [9.17, 15) is 4.79 Å². The summed E-state index contributed by atoms with van der Waals surface area (Å²) in [5, 5.41) is 0. The van der Waals surface area contributed by atoms with Gasteiger partial charge in [-0.1, -0.05) is 15.9 Å². The first kappa shape index (κ1) is 20.0. The molecular formula is C23H25BrN2O3. The smallest absolute Gasteiger partial charge is 0.231 e. The summed E-state index contributed by atoms with van der Waals surface area (Å²) in [4.78, 5) is 17.4. The predicted octanol–water partition coefficient (Wildman–Crippen LogP) is 4.47. The van der Waals surface area contributed by atoms with Crippen molar-refractivity contribution >= 4 is 27.4 Å². The zero-order chi connectivity index (χ0) is 20.5. The van der Waals surface area contributed by atoms with Gasteiger partial charge < -0.3 is 19.3 Å². The zero-order valence-electron chi connectivity index (χ0n) is 16.9. The molecule has 0 fully saturated rings. The van der Waals surface area contributed by atoms with E-state index in [1.807, 2.05) is 30.3 Å². The molecule has 29 heavy (non-hydrogen) atoms. The number of ether oxygens (including phenoxy) is 2. The molecule has 0 aliphatic carbocycles. The van der Waals surface area contributed by atoms with E-state index in [0.717, 1.165) is 36.3 Å². The Labute approximate surface area is 180 Å². The molecule has 2 aliphatic heterocycles. The van der Waals surface area contributed by atoms with Gasteiger partial charge in [0.25, 0.3) is 0 Å². The van der Waals surface area contributed by atoms with E-state index in [2.05, 4.69) is 52.0 Å². The topological polar surface area (TPSA) is 42.0 Å². The van der Waals surface area contributed by atoms with E-state index < -0.39 is 0 Å². The molecule has 0 saturated heterocycles. The van der Waals surface area contributed by atoms with Crippen LogP contribution < -0.4 is 14.4 Å². The number of fused-ring (bicyclic) bond motifs is 2. The molecule has 2 heterocycles. The van der Waals surface area contributed by atoms with Crippen LogP contribution in [-0.2, 0) is 0 Å². The zero-order valence-corrected chi connectivity index (χ0v) is 18.5. The second kappa shape index (κ2) is 8.20. The molecule has 0 bridgehead atoms. The third-order valence-electron chi connectivity index (χ3n) is 5.41. The van der Waals surface area contributed by atoms with Crippen LogP contribution in [0.5, 0.6) is 11.5 Å². The number of ketones is 1. The first-order valence-electron chi connectivity index (χ1n) is 9.78. The van der Waals surface area contributed by atoms with Crippen molar-refractivity contribution in [2.75, 3.05) is 45.7 Å². The molecule has 5 nitrogen and oxygen atoms in total. The van der Waals surface area contributed by atoms with E-state index >= 15 is 0 Å². The number of hydrogen-bond acceptors (Lipinski definition) is 5. The normalized spacial score (nSPS) is 18.9. The van der Waals surface area contributed by atoms with Crippen LogP contribution in [0.1, 0.15) is 28.3 Å². The van der Waals surface area contributed by atoms with Crippen molar-refractivity contribution in [2.45, 2.75) is 12.3 Å². The van der Waals surface area contributed by atoms with Gasteiger partial charge in [-0.15, -0.1) is 0 Å². The lowest BCUT2D eigenvalue weighted by Crippen LogP contribution is -2.26. The number of carbonyl (C=O) groups excluding carboxylic acids is 1.